The molecule has 0 fully saturated rings. The van der Waals surface area contributed by atoms with Crippen LogP contribution < -0.4 is 10.5 Å². The van der Waals surface area contributed by atoms with Crippen LogP contribution in [0.1, 0.15) is 6.42 Å². The lowest BCUT2D eigenvalue weighted by Crippen LogP contribution is -2.27. The first-order chi connectivity index (χ1) is 9.03. The Morgan fingerprint density at radius 3 is 2.45 bits per heavy atom. The molecule has 0 saturated heterocycles. The highest BCUT2D eigenvalue weighted by Gasteiger charge is 2.21. The van der Waals surface area contributed by atoms with E-state index in [2.05, 4.69) is 4.72 Å². The highest BCUT2D eigenvalue weighted by molar-refractivity contribution is 7.90. The van der Waals surface area contributed by atoms with Crippen LogP contribution in [0.3, 0.4) is 0 Å². The first-order valence-electron chi connectivity index (χ1n) is 5.45. The van der Waals surface area contributed by atoms with Crippen molar-refractivity contribution >= 4 is 37.1 Å². The van der Waals surface area contributed by atoms with E-state index in [-0.39, 0.29) is 29.4 Å². The lowest BCUT2D eigenvalue weighted by atomic mass is 10.3. The summed E-state index contributed by atoms with van der Waals surface area (Å²) in [6.07, 6.45) is 1.12. The molecule has 0 radical (unpaired) electrons. The predicted octanol–water partition coefficient (Wildman–Crippen LogP) is 0.774. The van der Waals surface area contributed by atoms with Gasteiger partial charge in [0.05, 0.1) is 11.4 Å². The minimum absolute atomic E-state index is 0.0135. The maximum Gasteiger partial charge on any atom is 0.243 e. The number of nitrogens with two attached hydrogens (primary N) is 1. The molecular weight excluding hydrogens is 331 g/mol. The van der Waals surface area contributed by atoms with Crippen LogP contribution in [0.25, 0.3) is 0 Å². The Hall–Kier alpha value is -0.900. The molecule has 3 N–H and O–H groups in total. The summed E-state index contributed by atoms with van der Waals surface area (Å²) < 4.78 is 61.3. The molecule has 0 unspecified atom stereocenters. The van der Waals surface area contributed by atoms with Crippen LogP contribution in [0.5, 0.6) is 0 Å². The summed E-state index contributed by atoms with van der Waals surface area (Å²) in [5.41, 5.74) is 4.92. The molecule has 0 aliphatic rings. The lowest BCUT2D eigenvalue weighted by molar-refractivity contribution is 0.557. The molecule has 0 spiro atoms. The Morgan fingerprint density at radius 1 is 1.30 bits per heavy atom. The Bertz CT molecular complexity index is 704. The second-order valence-corrected chi connectivity index (χ2v) is 8.62. The monoisotopic (exact) mass is 344 g/mol. The number of anilines is 1. The fraction of sp³-hybridized carbons (Fsp3) is 0.400. The van der Waals surface area contributed by atoms with Gasteiger partial charge >= 0.3 is 0 Å². The fourth-order valence-electron chi connectivity index (χ4n) is 1.40. The van der Waals surface area contributed by atoms with Crippen molar-refractivity contribution < 1.29 is 21.2 Å². The first-order valence-corrected chi connectivity index (χ1v) is 9.37. The van der Waals surface area contributed by atoms with E-state index in [1.807, 2.05) is 0 Å². The molecule has 0 atom stereocenters. The van der Waals surface area contributed by atoms with Crippen LogP contribution in [-0.4, -0.2) is 35.4 Å². The SMILES string of the molecule is CS(=O)(=O)CCCNS(=O)(=O)c1cc(Cl)cc(N)c1F. The number of nitrogens with one attached hydrogen (secondary N) is 1. The molecule has 1 aromatic rings. The normalized spacial score (nSPS) is 12.6. The molecule has 0 bridgehead atoms. The van der Waals surface area contributed by atoms with Crippen LogP contribution >= 0.6 is 11.6 Å². The highest BCUT2D eigenvalue weighted by atomic mass is 35.5. The van der Waals surface area contributed by atoms with Crippen molar-refractivity contribution in [1.29, 1.82) is 0 Å². The minimum Gasteiger partial charge on any atom is -0.396 e. The van der Waals surface area contributed by atoms with Gasteiger partial charge in [-0.2, -0.15) is 0 Å². The average Bonchev–Trinajstić information content (AvgIpc) is 2.28. The van der Waals surface area contributed by atoms with Gasteiger partial charge in [-0.15, -0.1) is 0 Å². The third kappa shape index (κ3) is 4.89. The third-order valence-corrected chi connectivity index (χ3v) is 5.01. The van der Waals surface area contributed by atoms with Gasteiger partial charge in [-0.25, -0.2) is 25.9 Å². The zero-order chi connectivity index (χ0) is 15.6. The largest absolute Gasteiger partial charge is 0.396 e. The number of sulfonamides is 1. The van der Waals surface area contributed by atoms with Crippen LogP contribution in [0.15, 0.2) is 17.0 Å². The van der Waals surface area contributed by atoms with E-state index in [0.717, 1.165) is 18.4 Å². The standard InChI is InChI=1S/C10H14ClFN2O4S2/c1-19(15,16)4-2-3-14-20(17,18)9-6-7(11)5-8(13)10(9)12/h5-6,14H,2-4,13H2,1H3. The van der Waals surface area contributed by atoms with Crippen molar-refractivity contribution in [3.05, 3.63) is 23.0 Å². The van der Waals surface area contributed by atoms with E-state index in [0.29, 0.717) is 0 Å². The Balaban J connectivity index is 2.85. The van der Waals surface area contributed by atoms with Crippen LogP contribution in [-0.2, 0) is 19.9 Å². The van der Waals surface area contributed by atoms with Crippen LogP contribution in [0.2, 0.25) is 5.02 Å². The molecule has 0 amide bonds. The van der Waals surface area contributed by atoms with Crippen molar-refractivity contribution in [2.45, 2.75) is 11.3 Å². The van der Waals surface area contributed by atoms with Gasteiger partial charge in [-0.05, 0) is 18.6 Å². The zero-order valence-corrected chi connectivity index (χ0v) is 12.9. The van der Waals surface area contributed by atoms with Gasteiger partial charge in [0.2, 0.25) is 10.0 Å². The summed E-state index contributed by atoms with van der Waals surface area (Å²) in [5, 5.41) is -0.0135. The molecule has 10 heteroatoms. The number of nitrogen functional groups attached to an aromatic ring is 1. The summed E-state index contributed by atoms with van der Waals surface area (Å²) in [6.45, 7) is -0.138. The quantitative estimate of drug-likeness (QED) is 0.585. The van der Waals surface area contributed by atoms with Crippen molar-refractivity contribution in [1.82, 2.24) is 4.72 Å². The van der Waals surface area contributed by atoms with Crippen molar-refractivity contribution in [3.8, 4) is 0 Å². The van der Waals surface area contributed by atoms with Gasteiger partial charge in [0.15, 0.2) is 5.82 Å². The van der Waals surface area contributed by atoms with Gasteiger partial charge in [-0.1, -0.05) is 11.6 Å². The first kappa shape index (κ1) is 17.2. The van der Waals surface area contributed by atoms with Gasteiger partial charge < -0.3 is 5.73 Å². The number of hydrogen-bond acceptors (Lipinski definition) is 5. The van der Waals surface area contributed by atoms with Crippen LogP contribution in [0, 0.1) is 5.82 Å². The molecule has 0 heterocycles. The van der Waals surface area contributed by atoms with E-state index in [1.54, 1.807) is 0 Å². The minimum atomic E-state index is -4.14. The van der Waals surface area contributed by atoms with Gasteiger partial charge in [-0.3, -0.25) is 0 Å². The molecule has 6 nitrogen and oxygen atoms in total. The highest BCUT2D eigenvalue weighted by Crippen LogP contribution is 2.24. The maximum atomic E-state index is 13.7. The second kappa shape index (κ2) is 6.25. The molecule has 0 aromatic heterocycles. The average molecular weight is 345 g/mol. The maximum absolute atomic E-state index is 13.7. The Morgan fingerprint density at radius 2 is 1.90 bits per heavy atom. The molecule has 1 rings (SSSR count). The van der Waals surface area contributed by atoms with E-state index >= 15 is 0 Å². The van der Waals surface area contributed by atoms with Crippen molar-refractivity contribution in [3.63, 3.8) is 0 Å². The summed E-state index contributed by atoms with van der Waals surface area (Å²) in [5.74, 6) is -1.26. The zero-order valence-electron chi connectivity index (χ0n) is 10.6. The summed E-state index contributed by atoms with van der Waals surface area (Å²) in [4.78, 5) is -0.665. The van der Waals surface area contributed by atoms with E-state index in [1.165, 1.54) is 0 Å². The molecule has 0 aliphatic carbocycles. The number of halogens is 2. The fourth-order valence-corrected chi connectivity index (χ4v) is 3.56. The molecule has 114 valence electrons. The van der Waals surface area contributed by atoms with E-state index in [4.69, 9.17) is 17.3 Å². The molecule has 1 aromatic carbocycles. The summed E-state index contributed by atoms with van der Waals surface area (Å²) in [7, 11) is -7.32. The number of rotatable bonds is 6. The summed E-state index contributed by atoms with van der Waals surface area (Å²) in [6, 6.07) is 2.03. The molecular formula is C10H14ClFN2O4S2. The number of sulfone groups is 1. The molecule has 0 aliphatic heterocycles. The molecule has 20 heavy (non-hydrogen) atoms. The number of hydrogen-bond donors (Lipinski definition) is 2. The van der Waals surface area contributed by atoms with Crippen molar-refractivity contribution in [2.24, 2.45) is 0 Å². The van der Waals surface area contributed by atoms with Gasteiger partial charge in [0.25, 0.3) is 0 Å². The number of benzene rings is 1. The van der Waals surface area contributed by atoms with Gasteiger partial charge in [0, 0.05) is 17.8 Å². The Kier molecular flexibility index (Phi) is 5.36. The van der Waals surface area contributed by atoms with Crippen molar-refractivity contribution in [2.75, 3.05) is 24.3 Å². The lowest BCUT2D eigenvalue weighted by Gasteiger charge is -2.09. The van der Waals surface area contributed by atoms with E-state index < -0.39 is 30.6 Å². The second-order valence-electron chi connectivity index (χ2n) is 4.19. The Labute approximate surface area is 122 Å². The van der Waals surface area contributed by atoms with E-state index in [9.17, 15) is 21.2 Å². The smallest absolute Gasteiger partial charge is 0.243 e. The summed E-state index contributed by atoms with van der Waals surface area (Å²) >= 11 is 5.63. The molecule has 0 saturated carbocycles. The van der Waals surface area contributed by atoms with Crippen LogP contribution in [0.4, 0.5) is 10.1 Å². The predicted molar refractivity (Wildman–Crippen MR) is 75.3 cm³/mol. The van der Waals surface area contributed by atoms with Gasteiger partial charge in [0.1, 0.15) is 14.7 Å². The topological polar surface area (TPSA) is 106 Å². The third-order valence-electron chi connectivity index (χ3n) is 2.31.